The Hall–Kier alpha value is -13.3. The zero-order valence-corrected chi connectivity index (χ0v) is 52.9. The van der Waals surface area contributed by atoms with E-state index < -0.39 is 0 Å². The number of nitrogens with zero attached hydrogens (tertiary/aromatic N) is 5. The van der Waals surface area contributed by atoms with Gasteiger partial charge >= 0.3 is 0 Å². The average Bonchev–Trinajstić information content (AvgIpc) is 1.59. The number of anilines is 9. The highest BCUT2D eigenvalue weighted by Crippen LogP contribution is 2.56. The standard InChI is InChI=1S/C90H57N5O3/c1-5-21-63(22-6-1)91(64-23-7-2-8-24-64)67-44-46-68(47-45-67)92-77-48-39-59(60-41-51-81-87(56-60)96-86-38-18-16-34-80(86)93(81)65-25-9-3-10-26-65)54-74(77)75-55-62(43-50-78(75)92)69-31-19-35-83-89(69)98-88-57-61(42-52-82(88)94(83)66-27-11-4-12-28-66)58-40-49-79-73(53-58)70-29-13-15-33-76(70)95(79)84-36-20-32-72-71-30-14-17-37-85(71)97-90(72)84/h1-57H. The third kappa shape index (κ3) is 8.78. The van der Waals surface area contributed by atoms with E-state index in [1.54, 1.807) is 0 Å². The number of aromatic nitrogens is 2. The van der Waals surface area contributed by atoms with E-state index >= 15 is 0 Å². The van der Waals surface area contributed by atoms with Crippen molar-refractivity contribution in [3.63, 3.8) is 0 Å². The summed E-state index contributed by atoms with van der Waals surface area (Å²) in [4.78, 5) is 6.93. The minimum Gasteiger partial charge on any atom is -0.454 e. The fraction of sp³-hybridized carbons (Fsp3) is 0. The Bertz CT molecular complexity index is 6160. The molecule has 8 nitrogen and oxygen atoms in total. The Kier molecular flexibility index (Phi) is 12.5. The molecule has 15 aromatic carbocycles. The molecule has 3 aromatic heterocycles. The highest BCUT2D eigenvalue weighted by Gasteiger charge is 2.31. The van der Waals surface area contributed by atoms with Crippen LogP contribution in [0.25, 0.3) is 110 Å². The second kappa shape index (κ2) is 22.2. The van der Waals surface area contributed by atoms with Gasteiger partial charge in [0, 0.05) is 72.0 Å². The van der Waals surface area contributed by atoms with Gasteiger partial charge < -0.3 is 37.7 Å². The van der Waals surface area contributed by atoms with Gasteiger partial charge in [-0.15, -0.1) is 0 Å². The van der Waals surface area contributed by atoms with Crippen LogP contribution in [0.5, 0.6) is 23.0 Å². The minimum absolute atomic E-state index is 0.763. The van der Waals surface area contributed by atoms with Gasteiger partial charge in [-0.05, 0) is 198 Å². The highest BCUT2D eigenvalue weighted by molar-refractivity contribution is 6.15. The Morgan fingerprint density at radius 3 is 1.37 bits per heavy atom. The van der Waals surface area contributed by atoms with E-state index in [1.807, 2.05) is 24.3 Å². The zero-order valence-electron chi connectivity index (χ0n) is 52.9. The number of furan rings is 1. The summed E-state index contributed by atoms with van der Waals surface area (Å²) in [7, 11) is 0. The maximum absolute atomic E-state index is 7.43. The molecule has 8 heteroatoms. The fourth-order valence-corrected chi connectivity index (χ4v) is 15.2. The van der Waals surface area contributed by atoms with Gasteiger partial charge in [0.15, 0.2) is 28.6 Å². The Balaban J connectivity index is 0.724. The summed E-state index contributed by atoms with van der Waals surface area (Å²) in [6.45, 7) is 0. The molecule has 98 heavy (non-hydrogen) atoms. The molecule has 0 atom stereocenters. The number of rotatable bonds is 10. The first-order chi connectivity index (χ1) is 48.6. The number of hydrogen-bond donors (Lipinski definition) is 0. The van der Waals surface area contributed by atoms with E-state index in [-0.39, 0.29) is 0 Å². The van der Waals surface area contributed by atoms with Gasteiger partial charge in [-0.3, -0.25) is 0 Å². The lowest BCUT2D eigenvalue weighted by Crippen LogP contribution is -2.16. The first-order valence-electron chi connectivity index (χ1n) is 33.2. The maximum Gasteiger partial charge on any atom is 0.159 e. The smallest absolute Gasteiger partial charge is 0.159 e. The molecule has 0 radical (unpaired) electrons. The molecule has 0 amide bonds. The van der Waals surface area contributed by atoms with Crippen molar-refractivity contribution in [2.75, 3.05) is 14.7 Å². The normalized spacial score (nSPS) is 12.4. The van der Waals surface area contributed by atoms with Crippen molar-refractivity contribution in [1.29, 1.82) is 0 Å². The van der Waals surface area contributed by atoms with Crippen molar-refractivity contribution in [2.24, 2.45) is 0 Å². The molecule has 20 rings (SSSR count). The molecule has 0 unspecified atom stereocenters. The van der Waals surface area contributed by atoms with E-state index in [1.165, 1.54) is 5.39 Å². The molecule has 2 aliphatic heterocycles. The molecule has 460 valence electrons. The van der Waals surface area contributed by atoms with Crippen LogP contribution in [0.3, 0.4) is 0 Å². The van der Waals surface area contributed by atoms with Crippen LogP contribution in [0.4, 0.5) is 51.2 Å². The van der Waals surface area contributed by atoms with Crippen molar-refractivity contribution < 1.29 is 13.9 Å². The molecule has 5 heterocycles. The lowest BCUT2D eigenvalue weighted by atomic mass is 9.97. The monoisotopic (exact) mass is 1260 g/mol. The van der Waals surface area contributed by atoms with Crippen LogP contribution in [0.1, 0.15) is 0 Å². The summed E-state index contributed by atoms with van der Waals surface area (Å²) in [6, 6.07) is 123. The molecule has 0 fully saturated rings. The number of hydrogen-bond acceptors (Lipinski definition) is 6. The summed E-state index contributed by atoms with van der Waals surface area (Å²) in [5.74, 6) is 3.14. The molecule has 0 N–H and O–H groups in total. The molecule has 0 saturated carbocycles. The molecule has 0 bridgehead atoms. The summed E-state index contributed by atoms with van der Waals surface area (Å²) < 4.78 is 25.6. The number of para-hydroxylation sites is 10. The molecule has 0 spiro atoms. The van der Waals surface area contributed by atoms with Crippen LogP contribution in [0.2, 0.25) is 0 Å². The van der Waals surface area contributed by atoms with E-state index in [2.05, 4.69) is 345 Å². The first-order valence-corrected chi connectivity index (χ1v) is 33.2. The molecular formula is C90H57N5O3. The number of benzene rings is 15. The van der Waals surface area contributed by atoms with Crippen LogP contribution in [-0.2, 0) is 0 Å². The predicted octanol–water partition coefficient (Wildman–Crippen LogP) is 25.4. The Labute approximate surface area is 564 Å². The summed E-state index contributed by atoms with van der Waals surface area (Å²) in [5.41, 5.74) is 23.7. The van der Waals surface area contributed by atoms with Crippen LogP contribution in [-0.4, -0.2) is 9.13 Å². The highest BCUT2D eigenvalue weighted by atomic mass is 16.5. The van der Waals surface area contributed by atoms with E-state index in [9.17, 15) is 0 Å². The fourth-order valence-electron chi connectivity index (χ4n) is 15.2. The summed E-state index contributed by atoms with van der Waals surface area (Å²) in [5, 5.41) is 6.75. The minimum atomic E-state index is 0.763. The third-order valence-electron chi connectivity index (χ3n) is 19.6. The lowest BCUT2D eigenvalue weighted by molar-refractivity contribution is 0.477. The SMILES string of the molecule is c1ccc(N(c2ccccc2)c2ccc(-n3c4ccc(-c5ccc6c(c5)Oc5ccccc5N6c5ccccc5)cc4c4cc(-c5cccc6c5Oc5cc(-c7ccc8c(c7)c7ccccc7n8-c7cccc8c7oc7ccccc78)ccc5N6c5ccccc5)ccc43)cc2)cc1. The van der Waals surface area contributed by atoms with Gasteiger partial charge in [0.25, 0.3) is 0 Å². The maximum atomic E-state index is 7.43. The zero-order chi connectivity index (χ0) is 64.4. The van der Waals surface area contributed by atoms with Gasteiger partial charge in [-0.1, -0.05) is 176 Å². The van der Waals surface area contributed by atoms with Crippen molar-refractivity contribution in [1.82, 2.24) is 9.13 Å². The van der Waals surface area contributed by atoms with E-state index in [4.69, 9.17) is 13.9 Å². The van der Waals surface area contributed by atoms with E-state index in [0.29, 0.717) is 0 Å². The molecule has 18 aromatic rings. The predicted molar refractivity (Wildman–Crippen MR) is 403 cm³/mol. The summed E-state index contributed by atoms with van der Waals surface area (Å²) in [6.07, 6.45) is 0. The van der Waals surface area contributed by atoms with Crippen molar-refractivity contribution in [3.05, 3.63) is 346 Å². The molecule has 2 aliphatic rings. The number of ether oxygens (including phenoxy) is 2. The van der Waals surface area contributed by atoms with Crippen molar-refractivity contribution in [3.8, 4) is 67.8 Å². The first kappa shape index (κ1) is 55.2. The van der Waals surface area contributed by atoms with Gasteiger partial charge in [0.05, 0.1) is 50.5 Å². The largest absolute Gasteiger partial charge is 0.454 e. The Morgan fingerprint density at radius 1 is 0.245 bits per heavy atom. The van der Waals surface area contributed by atoms with E-state index in [0.717, 1.165) is 179 Å². The van der Waals surface area contributed by atoms with Crippen molar-refractivity contribution >= 4 is 117 Å². The second-order valence-corrected chi connectivity index (χ2v) is 25.2. The molecular weight excluding hydrogens is 1200 g/mol. The quantitative estimate of drug-likeness (QED) is 0.136. The third-order valence-corrected chi connectivity index (χ3v) is 19.6. The van der Waals surface area contributed by atoms with Gasteiger partial charge in [-0.2, -0.15) is 0 Å². The molecule has 0 saturated heterocycles. The van der Waals surface area contributed by atoms with Crippen LogP contribution in [0, 0.1) is 0 Å². The molecule has 0 aliphatic carbocycles. The second-order valence-electron chi connectivity index (χ2n) is 25.2. The van der Waals surface area contributed by atoms with Gasteiger partial charge in [0.1, 0.15) is 5.58 Å². The van der Waals surface area contributed by atoms with Crippen LogP contribution >= 0.6 is 0 Å². The van der Waals surface area contributed by atoms with Gasteiger partial charge in [0.2, 0.25) is 0 Å². The number of fused-ring (bicyclic) bond motifs is 13. The lowest BCUT2D eigenvalue weighted by Gasteiger charge is -2.34. The van der Waals surface area contributed by atoms with Gasteiger partial charge in [-0.25, -0.2) is 0 Å². The Morgan fingerprint density at radius 2 is 0.694 bits per heavy atom. The van der Waals surface area contributed by atoms with Crippen molar-refractivity contribution in [2.45, 2.75) is 0 Å². The summed E-state index contributed by atoms with van der Waals surface area (Å²) >= 11 is 0. The topological polar surface area (TPSA) is 51.2 Å². The van der Waals surface area contributed by atoms with Crippen LogP contribution < -0.4 is 24.2 Å². The van der Waals surface area contributed by atoms with Crippen LogP contribution in [0.15, 0.2) is 350 Å². The average molecular weight is 1260 g/mol.